The number of rotatable bonds is 9. The molecule has 6 nitrogen and oxygen atoms in total. The summed E-state index contributed by atoms with van der Waals surface area (Å²) in [5.41, 5.74) is 1.76. The Morgan fingerprint density at radius 1 is 1.05 bits per heavy atom. The third kappa shape index (κ3) is 7.99. The number of ether oxygens (including phenoxy) is 2. The number of amides is 1. The molecular formula is C32H46N2O4. The van der Waals surface area contributed by atoms with E-state index in [0.29, 0.717) is 31.3 Å². The van der Waals surface area contributed by atoms with E-state index in [2.05, 4.69) is 43.0 Å². The van der Waals surface area contributed by atoms with Crippen LogP contribution in [-0.2, 0) is 20.9 Å². The number of nitrogens with zero attached hydrogens (tertiary/aromatic N) is 2. The molecule has 2 aromatic rings. The molecule has 1 saturated heterocycles. The molecule has 1 unspecified atom stereocenters. The first-order chi connectivity index (χ1) is 17.8. The molecule has 1 heterocycles. The first kappa shape index (κ1) is 29.5. The average Bonchev–Trinajstić information content (AvgIpc) is 2.86. The van der Waals surface area contributed by atoms with Crippen LogP contribution >= 0.6 is 0 Å². The zero-order chi connectivity index (χ0) is 28.1. The third-order valence-electron chi connectivity index (χ3n) is 6.93. The van der Waals surface area contributed by atoms with Gasteiger partial charge in [0.2, 0.25) is 5.91 Å². The fourth-order valence-electron chi connectivity index (χ4n) is 4.73. The maximum absolute atomic E-state index is 13.6. The van der Waals surface area contributed by atoms with Crippen LogP contribution < -0.4 is 9.64 Å². The lowest BCUT2D eigenvalue weighted by atomic mass is 9.95. The summed E-state index contributed by atoms with van der Waals surface area (Å²) in [6, 6.07) is 16.4. The Balaban J connectivity index is 1.67. The van der Waals surface area contributed by atoms with Crippen LogP contribution in [0.3, 0.4) is 0 Å². The van der Waals surface area contributed by atoms with Crippen LogP contribution in [0, 0.1) is 5.92 Å². The fourth-order valence-corrected chi connectivity index (χ4v) is 4.73. The summed E-state index contributed by atoms with van der Waals surface area (Å²) in [6.07, 6.45) is 1.84. The Morgan fingerprint density at radius 3 is 2.34 bits per heavy atom. The average molecular weight is 523 g/mol. The SMILES string of the molecule is CCN(Cc1ccc(C(C)C)cc1)C(=O)C1CCCN(c2cccc(OC(C)(C)C(=O)OC(C)(C)C)c2)C1. The Bertz CT molecular complexity index is 1090. The second-order valence-electron chi connectivity index (χ2n) is 12.1. The standard InChI is InChI=1S/C32H46N2O4/c1-9-33(21-24-15-17-25(18-16-24)23(2)3)29(35)26-12-11-19-34(22-26)27-13-10-14-28(20-27)37-32(7,8)30(36)38-31(4,5)6/h10,13-18,20,23,26H,9,11-12,19,21-22H2,1-8H3. The minimum atomic E-state index is -1.12. The zero-order valence-electron chi connectivity index (χ0n) is 24.5. The van der Waals surface area contributed by atoms with Crippen molar-refractivity contribution in [1.29, 1.82) is 0 Å². The molecule has 6 heteroatoms. The molecule has 0 aliphatic carbocycles. The normalized spacial score (nSPS) is 16.3. The summed E-state index contributed by atoms with van der Waals surface area (Å²) >= 11 is 0. The quantitative estimate of drug-likeness (QED) is 0.349. The molecular weight excluding hydrogens is 476 g/mol. The van der Waals surface area contributed by atoms with Crippen LogP contribution in [0.25, 0.3) is 0 Å². The van der Waals surface area contributed by atoms with E-state index in [1.54, 1.807) is 13.8 Å². The molecule has 3 rings (SSSR count). The monoisotopic (exact) mass is 522 g/mol. The van der Waals surface area contributed by atoms with E-state index < -0.39 is 17.2 Å². The van der Waals surface area contributed by atoms with Crippen molar-refractivity contribution in [3.8, 4) is 5.75 Å². The zero-order valence-corrected chi connectivity index (χ0v) is 24.5. The van der Waals surface area contributed by atoms with E-state index >= 15 is 0 Å². The van der Waals surface area contributed by atoms with E-state index in [4.69, 9.17) is 9.47 Å². The highest BCUT2D eigenvalue weighted by Crippen LogP contribution is 2.30. The predicted molar refractivity (Wildman–Crippen MR) is 154 cm³/mol. The van der Waals surface area contributed by atoms with Gasteiger partial charge in [0.1, 0.15) is 11.4 Å². The number of hydrogen-bond acceptors (Lipinski definition) is 5. The van der Waals surface area contributed by atoms with Gasteiger partial charge in [-0.1, -0.05) is 44.2 Å². The molecule has 0 spiro atoms. The summed E-state index contributed by atoms with van der Waals surface area (Å²) in [5.74, 6) is 0.850. The highest BCUT2D eigenvalue weighted by atomic mass is 16.6. The van der Waals surface area contributed by atoms with Gasteiger partial charge in [-0.2, -0.15) is 0 Å². The molecule has 0 radical (unpaired) electrons. The van der Waals surface area contributed by atoms with Crippen molar-refractivity contribution in [3.63, 3.8) is 0 Å². The van der Waals surface area contributed by atoms with Crippen LogP contribution in [0.2, 0.25) is 0 Å². The molecule has 0 aromatic heterocycles. The van der Waals surface area contributed by atoms with E-state index in [1.165, 1.54) is 5.56 Å². The minimum Gasteiger partial charge on any atom is -0.476 e. The molecule has 208 valence electrons. The van der Waals surface area contributed by atoms with Gasteiger partial charge in [0, 0.05) is 37.9 Å². The van der Waals surface area contributed by atoms with Crippen molar-refractivity contribution in [1.82, 2.24) is 4.90 Å². The van der Waals surface area contributed by atoms with Crippen molar-refractivity contribution < 1.29 is 19.1 Å². The second-order valence-corrected chi connectivity index (χ2v) is 12.1. The van der Waals surface area contributed by atoms with Crippen molar-refractivity contribution >= 4 is 17.6 Å². The van der Waals surface area contributed by atoms with Gasteiger partial charge in [-0.15, -0.1) is 0 Å². The van der Waals surface area contributed by atoms with Crippen molar-refractivity contribution in [2.75, 3.05) is 24.5 Å². The van der Waals surface area contributed by atoms with Gasteiger partial charge in [0.15, 0.2) is 5.60 Å². The van der Waals surface area contributed by atoms with Gasteiger partial charge in [-0.25, -0.2) is 4.79 Å². The van der Waals surface area contributed by atoms with E-state index in [-0.39, 0.29) is 11.8 Å². The summed E-state index contributed by atoms with van der Waals surface area (Å²) in [7, 11) is 0. The molecule has 1 atom stereocenters. The fraction of sp³-hybridized carbons (Fsp3) is 0.562. The summed E-state index contributed by atoms with van der Waals surface area (Å²) in [6.45, 7) is 18.3. The van der Waals surface area contributed by atoms with Gasteiger partial charge in [-0.3, -0.25) is 4.79 Å². The van der Waals surface area contributed by atoms with Gasteiger partial charge in [-0.05, 0) is 83.6 Å². The topological polar surface area (TPSA) is 59.1 Å². The molecule has 0 N–H and O–H groups in total. The first-order valence-corrected chi connectivity index (χ1v) is 13.9. The Hall–Kier alpha value is -3.02. The van der Waals surface area contributed by atoms with Crippen molar-refractivity contribution in [2.24, 2.45) is 5.92 Å². The number of carbonyl (C=O) groups is 2. The largest absolute Gasteiger partial charge is 0.476 e. The highest BCUT2D eigenvalue weighted by Gasteiger charge is 2.35. The van der Waals surface area contributed by atoms with Crippen LogP contribution in [0.15, 0.2) is 48.5 Å². The molecule has 0 bridgehead atoms. The van der Waals surface area contributed by atoms with Gasteiger partial charge in [0.25, 0.3) is 0 Å². The Labute approximate surface area is 229 Å². The van der Waals surface area contributed by atoms with Crippen LogP contribution in [0.4, 0.5) is 5.69 Å². The predicted octanol–water partition coefficient (Wildman–Crippen LogP) is 6.57. The van der Waals surface area contributed by atoms with Crippen LogP contribution in [0.1, 0.15) is 85.3 Å². The van der Waals surface area contributed by atoms with Gasteiger partial charge < -0.3 is 19.3 Å². The molecule has 1 fully saturated rings. The van der Waals surface area contributed by atoms with Gasteiger partial charge >= 0.3 is 5.97 Å². The summed E-state index contributed by atoms with van der Waals surface area (Å²) in [4.78, 5) is 30.4. The number of hydrogen-bond donors (Lipinski definition) is 0. The molecule has 1 amide bonds. The highest BCUT2D eigenvalue weighted by molar-refractivity contribution is 5.80. The number of esters is 1. The Morgan fingerprint density at radius 2 is 1.74 bits per heavy atom. The lowest BCUT2D eigenvalue weighted by Gasteiger charge is -2.36. The lowest BCUT2D eigenvalue weighted by molar-refractivity contribution is -0.170. The second kappa shape index (κ2) is 12.2. The number of benzene rings is 2. The molecule has 0 saturated carbocycles. The minimum absolute atomic E-state index is 0.0542. The molecule has 1 aliphatic heterocycles. The summed E-state index contributed by atoms with van der Waals surface area (Å²) < 4.78 is 11.6. The maximum Gasteiger partial charge on any atom is 0.350 e. The van der Waals surface area contributed by atoms with Crippen LogP contribution in [-0.4, -0.2) is 47.6 Å². The van der Waals surface area contributed by atoms with Crippen molar-refractivity contribution in [2.45, 2.75) is 91.9 Å². The molecule has 2 aromatic carbocycles. The Kier molecular flexibility index (Phi) is 9.50. The number of anilines is 1. The summed E-state index contributed by atoms with van der Waals surface area (Å²) in [5, 5.41) is 0. The van der Waals surface area contributed by atoms with E-state index in [0.717, 1.165) is 30.6 Å². The number of carbonyl (C=O) groups excluding carboxylic acids is 2. The van der Waals surface area contributed by atoms with E-state index in [1.807, 2.05) is 56.9 Å². The number of piperidine rings is 1. The molecule has 1 aliphatic rings. The van der Waals surface area contributed by atoms with Crippen molar-refractivity contribution in [3.05, 3.63) is 59.7 Å². The molecule has 38 heavy (non-hydrogen) atoms. The maximum atomic E-state index is 13.6. The van der Waals surface area contributed by atoms with Gasteiger partial charge in [0.05, 0.1) is 5.92 Å². The third-order valence-corrected chi connectivity index (χ3v) is 6.93. The lowest BCUT2D eigenvalue weighted by Crippen LogP contribution is -2.45. The smallest absolute Gasteiger partial charge is 0.350 e. The van der Waals surface area contributed by atoms with E-state index in [9.17, 15) is 9.59 Å². The first-order valence-electron chi connectivity index (χ1n) is 13.9. The van der Waals surface area contributed by atoms with Crippen LogP contribution in [0.5, 0.6) is 5.75 Å².